The molecule has 1 N–H and O–H groups in total. The molecule has 0 fully saturated rings. The van der Waals surface area contributed by atoms with Crippen molar-refractivity contribution in [3.63, 3.8) is 0 Å². The third-order valence-electron chi connectivity index (χ3n) is 3.24. The smallest absolute Gasteiger partial charge is 0.325 e. The van der Waals surface area contributed by atoms with Crippen LogP contribution in [0.4, 0.5) is 18.9 Å². The third kappa shape index (κ3) is 4.83. The SMILES string of the molecule is O=C(CCC(=O)c1ccccc1)Nc1ccc(Cl)cc1C(F)(F)F. The van der Waals surface area contributed by atoms with Gasteiger partial charge in [-0.2, -0.15) is 13.2 Å². The minimum Gasteiger partial charge on any atom is -0.325 e. The summed E-state index contributed by atoms with van der Waals surface area (Å²) >= 11 is 5.57. The normalized spacial score (nSPS) is 11.2. The summed E-state index contributed by atoms with van der Waals surface area (Å²) < 4.78 is 38.9. The van der Waals surface area contributed by atoms with Gasteiger partial charge in [-0.05, 0) is 18.2 Å². The van der Waals surface area contributed by atoms with Crippen LogP contribution in [-0.4, -0.2) is 11.7 Å². The van der Waals surface area contributed by atoms with Crippen LogP contribution in [0.15, 0.2) is 48.5 Å². The summed E-state index contributed by atoms with van der Waals surface area (Å²) in [6.07, 6.45) is -4.95. The third-order valence-corrected chi connectivity index (χ3v) is 3.47. The first-order chi connectivity index (χ1) is 11.3. The van der Waals surface area contributed by atoms with Crippen LogP contribution in [0.1, 0.15) is 28.8 Å². The molecule has 126 valence electrons. The van der Waals surface area contributed by atoms with Gasteiger partial charge in [-0.25, -0.2) is 0 Å². The largest absolute Gasteiger partial charge is 0.418 e. The second-order valence-electron chi connectivity index (χ2n) is 5.03. The van der Waals surface area contributed by atoms with Gasteiger partial charge < -0.3 is 5.32 Å². The lowest BCUT2D eigenvalue weighted by atomic mass is 10.1. The maximum absolute atomic E-state index is 13.0. The van der Waals surface area contributed by atoms with E-state index in [1.54, 1.807) is 30.3 Å². The van der Waals surface area contributed by atoms with Crippen molar-refractivity contribution in [1.82, 2.24) is 0 Å². The molecule has 0 spiro atoms. The molecule has 0 heterocycles. The lowest BCUT2D eigenvalue weighted by Crippen LogP contribution is -2.17. The van der Waals surface area contributed by atoms with Gasteiger partial charge in [0.1, 0.15) is 0 Å². The Morgan fingerprint density at radius 1 is 1.00 bits per heavy atom. The van der Waals surface area contributed by atoms with E-state index in [0.29, 0.717) is 5.56 Å². The Hall–Kier alpha value is -2.34. The fraction of sp³-hybridized carbons (Fsp3) is 0.176. The van der Waals surface area contributed by atoms with Crippen LogP contribution in [-0.2, 0) is 11.0 Å². The molecule has 0 aliphatic rings. The lowest BCUT2D eigenvalue weighted by molar-refractivity contribution is -0.137. The van der Waals surface area contributed by atoms with Gasteiger partial charge in [0.2, 0.25) is 5.91 Å². The average molecular weight is 356 g/mol. The molecular weight excluding hydrogens is 343 g/mol. The van der Waals surface area contributed by atoms with Crippen molar-refractivity contribution in [1.29, 1.82) is 0 Å². The number of halogens is 4. The summed E-state index contributed by atoms with van der Waals surface area (Å²) in [6, 6.07) is 11.4. The first-order valence-corrected chi connectivity index (χ1v) is 7.40. The van der Waals surface area contributed by atoms with E-state index in [1.165, 1.54) is 6.07 Å². The minimum absolute atomic E-state index is 0.0837. The van der Waals surface area contributed by atoms with E-state index in [4.69, 9.17) is 11.6 Å². The number of rotatable bonds is 5. The zero-order chi connectivity index (χ0) is 17.7. The standard InChI is InChI=1S/C17H13ClF3NO2/c18-12-6-7-14(13(10-12)17(19,20)21)22-16(24)9-8-15(23)11-4-2-1-3-5-11/h1-7,10H,8-9H2,(H,22,24). The highest BCUT2D eigenvalue weighted by Gasteiger charge is 2.34. The van der Waals surface area contributed by atoms with Crippen LogP contribution >= 0.6 is 11.6 Å². The van der Waals surface area contributed by atoms with Crippen LogP contribution in [0.5, 0.6) is 0 Å². The molecule has 0 bridgehead atoms. The van der Waals surface area contributed by atoms with Gasteiger partial charge in [-0.1, -0.05) is 41.9 Å². The molecule has 1 amide bonds. The topological polar surface area (TPSA) is 46.2 Å². The molecule has 0 aromatic heterocycles. The Balaban J connectivity index is 2.02. The molecule has 2 aromatic rings. The predicted octanol–water partition coefficient (Wildman–Crippen LogP) is 4.96. The van der Waals surface area contributed by atoms with E-state index < -0.39 is 17.6 Å². The number of benzene rings is 2. The number of hydrogen-bond acceptors (Lipinski definition) is 2. The molecule has 3 nitrogen and oxygen atoms in total. The quantitative estimate of drug-likeness (QED) is 0.770. The number of nitrogens with one attached hydrogen (secondary N) is 1. The number of Topliss-reactive ketones (excluding diaryl/α,β-unsaturated/α-hetero) is 1. The number of carbonyl (C=O) groups excluding carboxylic acids is 2. The second-order valence-corrected chi connectivity index (χ2v) is 5.46. The molecule has 0 radical (unpaired) electrons. The van der Waals surface area contributed by atoms with Gasteiger partial charge in [-0.15, -0.1) is 0 Å². The van der Waals surface area contributed by atoms with E-state index in [9.17, 15) is 22.8 Å². The zero-order valence-electron chi connectivity index (χ0n) is 12.4. The number of hydrogen-bond donors (Lipinski definition) is 1. The number of amides is 1. The first kappa shape index (κ1) is 18.0. The second kappa shape index (κ2) is 7.49. The van der Waals surface area contributed by atoms with Gasteiger partial charge in [0.05, 0.1) is 11.3 Å². The Bertz CT molecular complexity index is 745. The Labute approximate surface area is 141 Å². The van der Waals surface area contributed by atoms with E-state index in [0.717, 1.165) is 12.1 Å². The molecule has 0 aliphatic carbocycles. The van der Waals surface area contributed by atoms with Gasteiger partial charge in [-0.3, -0.25) is 9.59 Å². The number of anilines is 1. The molecule has 2 aromatic carbocycles. The summed E-state index contributed by atoms with van der Waals surface area (Å²) in [5.74, 6) is -0.926. The Morgan fingerprint density at radius 2 is 1.67 bits per heavy atom. The molecule has 2 rings (SSSR count). The fourth-order valence-electron chi connectivity index (χ4n) is 2.07. The highest BCUT2D eigenvalue weighted by molar-refractivity contribution is 6.30. The average Bonchev–Trinajstić information content (AvgIpc) is 2.54. The highest BCUT2D eigenvalue weighted by atomic mass is 35.5. The number of ketones is 1. The first-order valence-electron chi connectivity index (χ1n) is 7.02. The predicted molar refractivity (Wildman–Crippen MR) is 85.1 cm³/mol. The van der Waals surface area contributed by atoms with E-state index >= 15 is 0 Å². The summed E-state index contributed by atoms with van der Waals surface area (Å²) in [5.41, 5.74) is -0.963. The van der Waals surface area contributed by atoms with Crippen molar-refractivity contribution in [3.8, 4) is 0 Å². The number of carbonyl (C=O) groups is 2. The Kier molecular flexibility index (Phi) is 5.62. The van der Waals surface area contributed by atoms with Gasteiger partial charge in [0.25, 0.3) is 0 Å². The lowest BCUT2D eigenvalue weighted by Gasteiger charge is -2.14. The van der Waals surface area contributed by atoms with Crippen LogP contribution < -0.4 is 5.32 Å². The van der Waals surface area contributed by atoms with Gasteiger partial charge in [0.15, 0.2) is 5.78 Å². The van der Waals surface area contributed by atoms with Gasteiger partial charge >= 0.3 is 6.18 Å². The van der Waals surface area contributed by atoms with E-state index in [2.05, 4.69) is 5.32 Å². The van der Waals surface area contributed by atoms with Crippen LogP contribution in [0.3, 0.4) is 0 Å². The van der Waals surface area contributed by atoms with E-state index in [1.807, 2.05) is 0 Å². The molecular formula is C17H13ClF3NO2. The summed E-state index contributed by atoms with van der Waals surface area (Å²) in [4.78, 5) is 23.7. The monoisotopic (exact) mass is 355 g/mol. The highest BCUT2D eigenvalue weighted by Crippen LogP contribution is 2.36. The summed E-state index contributed by atoms with van der Waals surface area (Å²) in [5, 5.41) is 2.10. The maximum atomic E-state index is 13.0. The molecule has 0 saturated carbocycles. The summed E-state index contributed by atoms with van der Waals surface area (Å²) in [6.45, 7) is 0. The van der Waals surface area contributed by atoms with E-state index in [-0.39, 0.29) is 29.3 Å². The number of alkyl halides is 3. The maximum Gasteiger partial charge on any atom is 0.418 e. The Morgan fingerprint density at radius 3 is 2.29 bits per heavy atom. The van der Waals surface area contributed by atoms with Crippen LogP contribution in [0, 0.1) is 0 Å². The summed E-state index contributed by atoms with van der Waals surface area (Å²) in [7, 11) is 0. The molecule has 0 atom stereocenters. The molecule has 24 heavy (non-hydrogen) atoms. The van der Waals surface area contributed by atoms with Crippen molar-refractivity contribution < 1.29 is 22.8 Å². The minimum atomic E-state index is -4.65. The van der Waals surface area contributed by atoms with Crippen LogP contribution in [0.25, 0.3) is 0 Å². The zero-order valence-corrected chi connectivity index (χ0v) is 13.1. The molecule has 0 aliphatic heterocycles. The fourth-order valence-corrected chi connectivity index (χ4v) is 2.24. The molecule has 0 unspecified atom stereocenters. The van der Waals surface area contributed by atoms with Crippen molar-refractivity contribution in [2.24, 2.45) is 0 Å². The van der Waals surface area contributed by atoms with Crippen molar-refractivity contribution in [2.45, 2.75) is 19.0 Å². The van der Waals surface area contributed by atoms with Crippen molar-refractivity contribution >= 4 is 29.0 Å². The van der Waals surface area contributed by atoms with Crippen LogP contribution in [0.2, 0.25) is 5.02 Å². The van der Waals surface area contributed by atoms with Gasteiger partial charge in [0, 0.05) is 23.4 Å². The van der Waals surface area contributed by atoms with Crippen molar-refractivity contribution in [2.75, 3.05) is 5.32 Å². The van der Waals surface area contributed by atoms with Crippen molar-refractivity contribution in [3.05, 3.63) is 64.7 Å². The molecule has 0 saturated heterocycles. The molecule has 7 heteroatoms.